The summed E-state index contributed by atoms with van der Waals surface area (Å²) in [6.45, 7) is 1.03. The van der Waals surface area contributed by atoms with Crippen molar-refractivity contribution in [2.45, 2.75) is 16.7 Å². The molecule has 1 atom stereocenters. The fourth-order valence-electron chi connectivity index (χ4n) is 2.53. The third-order valence-corrected chi connectivity index (χ3v) is 6.74. The van der Waals surface area contributed by atoms with E-state index in [2.05, 4.69) is 15.6 Å². The van der Waals surface area contributed by atoms with Crippen LogP contribution >= 0.6 is 11.3 Å². The molecule has 3 heterocycles. The molecule has 2 aromatic rings. The zero-order valence-electron chi connectivity index (χ0n) is 12.0. The molecule has 1 aromatic carbocycles. The van der Waals surface area contributed by atoms with Gasteiger partial charge in [-0.1, -0.05) is 0 Å². The van der Waals surface area contributed by atoms with E-state index in [9.17, 15) is 8.42 Å². The Morgan fingerprint density at radius 1 is 1.17 bits per heavy atom. The van der Waals surface area contributed by atoms with E-state index < -0.39 is 10.0 Å². The molecule has 122 valence electrons. The summed E-state index contributed by atoms with van der Waals surface area (Å²) in [6, 6.07) is 8.61. The number of hydrogen-bond acceptors (Lipinski definition) is 7. The normalized spacial score (nSPS) is 19.9. The fraction of sp³-hybridized carbons (Fsp3) is 0.286. The second kappa shape index (κ2) is 5.68. The lowest BCUT2D eigenvalue weighted by Crippen LogP contribution is -2.24. The number of fused-ring (bicyclic) bond motifs is 1. The van der Waals surface area contributed by atoms with Crippen LogP contribution in [0.25, 0.3) is 0 Å². The van der Waals surface area contributed by atoms with Crippen LogP contribution in [0.3, 0.4) is 0 Å². The van der Waals surface area contributed by atoms with Crippen molar-refractivity contribution in [1.82, 2.24) is 10.9 Å². The van der Waals surface area contributed by atoms with Crippen LogP contribution < -0.4 is 25.0 Å². The van der Waals surface area contributed by atoms with E-state index in [4.69, 9.17) is 9.47 Å². The average Bonchev–Trinajstić information content (AvgIpc) is 3.26. The van der Waals surface area contributed by atoms with Crippen molar-refractivity contribution in [2.24, 2.45) is 0 Å². The van der Waals surface area contributed by atoms with Gasteiger partial charge in [0.2, 0.25) is 6.79 Å². The van der Waals surface area contributed by atoms with E-state index in [-0.39, 0.29) is 12.8 Å². The van der Waals surface area contributed by atoms with Gasteiger partial charge in [0, 0.05) is 17.5 Å². The second-order valence-corrected chi connectivity index (χ2v) is 8.27. The predicted molar refractivity (Wildman–Crippen MR) is 86.2 cm³/mol. The maximum absolute atomic E-state index is 12.5. The molecule has 0 aliphatic carbocycles. The van der Waals surface area contributed by atoms with Crippen molar-refractivity contribution in [1.29, 1.82) is 0 Å². The quantitative estimate of drug-likeness (QED) is 0.777. The van der Waals surface area contributed by atoms with Gasteiger partial charge in [0.05, 0.1) is 11.7 Å². The molecular weight excluding hydrogens is 338 g/mol. The van der Waals surface area contributed by atoms with E-state index in [1.165, 1.54) is 11.3 Å². The molecule has 1 saturated heterocycles. The summed E-state index contributed by atoms with van der Waals surface area (Å²) in [7, 11) is -3.62. The van der Waals surface area contributed by atoms with Gasteiger partial charge in [-0.3, -0.25) is 10.1 Å². The van der Waals surface area contributed by atoms with Crippen molar-refractivity contribution >= 4 is 27.0 Å². The van der Waals surface area contributed by atoms with Crippen LogP contribution in [0, 0.1) is 0 Å². The minimum atomic E-state index is -3.62. The number of rotatable bonds is 4. The topological polar surface area (TPSA) is 88.7 Å². The van der Waals surface area contributed by atoms with E-state index in [0.29, 0.717) is 21.4 Å². The summed E-state index contributed by atoms with van der Waals surface area (Å²) < 4.78 is 38.4. The van der Waals surface area contributed by atoms with Gasteiger partial charge in [-0.2, -0.15) is 0 Å². The van der Waals surface area contributed by atoms with Gasteiger partial charge in [-0.15, -0.1) is 11.3 Å². The number of thiophene rings is 1. The minimum Gasteiger partial charge on any atom is -0.454 e. The molecule has 0 spiro atoms. The molecule has 3 N–H and O–H groups in total. The first kappa shape index (κ1) is 14.8. The summed E-state index contributed by atoms with van der Waals surface area (Å²) in [4.78, 5) is 1.00. The van der Waals surface area contributed by atoms with Gasteiger partial charge < -0.3 is 9.47 Å². The first-order valence-electron chi connectivity index (χ1n) is 7.12. The van der Waals surface area contributed by atoms with Crippen molar-refractivity contribution < 1.29 is 17.9 Å². The highest BCUT2D eigenvalue weighted by Gasteiger charge is 2.23. The van der Waals surface area contributed by atoms with Crippen LogP contribution in [-0.2, 0) is 10.0 Å². The predicted octanol–water partition coefficient (Wildman–Crippen LogP) is 1.82. The SMILES string of the molecule is O=S(=O)(Nc1ccc2c(c1)OCO2)c1ccc(C2CCNN2)s1. The Balaban J connectivity index is 1.55. The maximum atomic E-state index is 12.5. The molecule has 4 rings (SSSR count). The molecule has 0 amide bonds. The number of hydrogen-bond donors (Lipinski definition) is 3. The largest absolute Gasteiger partial charge is 0.454 e. The van der Waals surface area contributed by atoms with Crippen molar-refractivity contribution in [3.8, 4) is 11.5 Å². The van der Waals surface area contributed by atoms with Gasteiger partial charge in [0.25, 0.3) is 10.0 Å². The molecule has 1 aromatic heterocycles. The Kier molecular flexibility index (Phi) is 3.64. The average molecular weight is 353 g/mol. The lowest BCUT2D eigenvalue weighted by Gasteiger charge is -2.08. The standard InChI is InChI=1S/C14H15N3O4S2/c18-23(19,14-4-3-13(22-14)10-5-6-15-16-10)17-9-1-2-11-12(7-9)21-8-20-11/h1-4,7,10,15-17H,5-6,8H2. The van der Waals surface area contributed by atoms with Gasteiger partial charge in [-0.25, -0.2) is 13.8 Å². The Morgan fingerprint density at radius 2 is 2.04 bits per heavy atom. The molecule has 0 saturated carbocycles. The molecule has 9 heteroatoms. The van der Waals surface area contributed by atoms with Crippen LogP contribution in [0.4, 0.5) is 5.69 Å². The highest BCUT2D eigenvalue weighted by molar-refractivity contribution is 7.94. The first-order valence-corrected chi connectivity index (χ1v) is 9.42. The van der Waals surface area contributed by atoms with Crippen LogP contribution in [0.15, 0.2) is 34.5 Å². The molecule has 0 radical (unpaired) electrons. The van der Waals surface area contributed by atoms with Crippen LogP contribution in [0.2, 0.25) is 0 Å². The summed E-state index contributed by atoms with van der Waals surface area (Å²) in [5, 5.41) is 0. The highest BCUT2D eigenvalue weighted by Crippen LogP contribution is 2.35. The third kappa shape index (κ3) is 2.88. The molecule has 2 aliphatic rings. The van der Waals surface area contributed by atoms with Crippen LogP contribution in [0.1, 0.15) is 17.3 Å². The molecule has 0 bridgehead atoms. The summed E-state index contributed by atoms with van der Waals surface area (Å²) >= 11 is 1.27. The number of nitrogens with one attached hydrogen (secondary N) is 3. The summed E-state index contributed by atoms with van der Waals surface area (Å²) in [6.07, 6.45) is 0.940. The summed E-state index contributed by atoms with van der Waals surface area (Å²) in [5.41, 5.74) is 6.63. The zero-order valence-corrected chi connectivity index (χ0v) is 13.7. The molecule has 2 aliphatic heterocycles. The monoisotopic (exact) mass is 353 g/mol. The molecule has 1 unspecified atom stereocenters. The Hall–Kier alpha value is -1.81. The summed E-state index contributed by atoms with van der Waals surface area (Å²) in [5.74, 6) is 1.16. The Bertz CT molecular complexity index is 828. The molecule has 7 nitrogen and oxygen atoms in total. The van der Waals surface area contributed by atoms with Gasteiger partial charge in [0.1, 0.15) is 4.21 Å². The molecule has 23 heavy (non-hydrogen) atoms. The number of benzene rings is 1. The van der Waals surface area contributed by atoms with Crippen LogP contribution in [-0.4, -0.2) is 21.8 Å². The Labute approximate surface area is 137 Å². The van der Waals surface area contributed by atoms with E-state index in [0.717, 1.165) is 17.8 Å². The smallest absolute Gasteiger partial charge is 0.271 e. The highest BCUT2D eigenvalue weighted by atomic mass is 32.2. The maximum Gasteiger partial charge on any atom is 0.271 e. The molecule has 1 fully saturated rings. The third-order valence-electron chi connectivity index (χ3n) is 3.67. The van der Waals surface area contributed by atoms with Gasteiger partial charge in [0.15, 0.2) is 11.5 Å². The fourth-order valence-corrected chi connectivity index (χ4v) is 4.99. The van der Waals surface area contributed by atoms with Crippen molar-refractivity contribution in [3.63, 3.8) is 0 Å². The first-order chi connectivity index (χ1) is 11.1. The van der Waals surface area contributed by atoms with Gasteiger partial charge >= 0.3 is 0 Å². The van der Waals surface area contributed by atoms with Crippen molar-refractivity contribution in [3.05, 3.63) is 35.2 Å². The zero-order chi connectivity index (χ0) is 15.9. The van der Waals surface area contributed by atoms with E-state index >= 15 is 0 Å². The van der Waals surface area contributed by atoms with E-state index in [1.54, 1.807) is 24.3 Å². The minimum absolute atomic E-state index is 0.155. The number of ether oxygens (including phenoxy) is 2. The van der Waals surface area contributed by atoms with E-state index in [1.807, 2.05) is 6.07 Å². The number of anilines is 1. The number of hydrazine groups is 1. The number of sulfonamides is 1. The lowest BCUT2D eigenvalue weighted by molar-refractivity contribution is 0.174. The molecular formula is C14H15N3O4S2. The lowest BCUT2D eigenvalue weighted by atomic mass is 10.2. The second-order valence-electron chi connectivity index (χ2n) is 5.24. The van der Waals surface area contributed by atoms with Gasteiger partial charge in [-0.05, 0) is 30.7 Å². The Morgan fingerprint density at radius 3 is 2.87 bits per heavy atom. The van der Waals surface area contributed by atoms with Crippen LogP contribution in [0.5, 0.6) is 11.5 Å². The van der Waals surface area contributed by atoms with Crippen molar-refractivity contribution in [2.75, 3.05) is 18.1 Å².